The Balaban J connectivity index is 1.76. The molecular formula is C18H23FN2O2. The van der Waals surface area contributed by atoms with E-state index in [4.69, 9.17) is 0 Å². The van der Waals surface area contributed by atoms with Crippen molar-refractivity contribution >= 4 is 17.5 Å². The fourth-order valence-electron chi connectivity index (χ4n) is 3.07. The molecule has 0 bridgehead atoms. The van der Waals surface area contributed by atoms with Gasteiger partial charge in [-0.05, 0) is 49.8 Å². The largest absolute Gasteiger partial charge is 0.342 e. The minimum Gasteiger partial charge on any atom is -0.342 e. The highest BCUT2D eigenvalue weighted by Crippen LogP contribution is 2.33. The van der Waals surface area contributed by atoms with E-state index in [0.29, 0.717) is 36.6 Å². The van der Waals surface area contributed by atoms with Gasteiger partial charge in [0.15, 0.2) is 0 Å². The van der Waals surface area contributed by atoms with Crippen molar-refractivity contribution in [3.8, 4) is 0 Å². The van der Waals surface area contributed by atoms with Crippen LogP contribution in [0.5, 0.6) is 0 Å². The fraction of sp³-hybridized carbons (Fsp3) is 0.556. The number of halogens is 1. The highest BCUT2D eigenvalue weighted by atomic mass is 19.1. The van der Waals surface area contributed by atoms with E-state index in [1.165, 1.54) is 6.07 Å². The van der Waals surface area contributed by atoms with Crippen molar-refractivity contribution in [2.45, 2.75) is 45.1 Å². The molecule has 1 aliphatic carbocycles. The van der Waals surface area contributed by atoms with Crippen molar-refractivity contribution in [1.82, 2.24) is 4.90 Å². The Hall–Kier alpha value is -1.91. The maximum Gasteiger partial charge on any atom is 0.229 e. The summed E-state index contributed by atoms with van der Waals surface area (Å²) in [6.45, 7) is 2.36. The van der Waals surface area contributed by atoms with Gasteiger partial charge < -0.3 is 9.80 Å². The van der Waals surface area contributed by atoms with Crippen LogP contribution in [0.15, 0.2) is 18.2 Å². The van der Waals surface area contributed by atoms with E-state index < -0.39 is 0 Å². The summed E-state index contributed by atoms with van der Waals surface area (Å²) >= 11 is 0. The lowest BCUT2D eigenvalue weighted by Crippen LogP contribution is -2.38. The molecule has 3 rings (SSSR count). The van der Waals surface area contributed by atoms with Gasteiger partial charge in [0.2, 0.25) is 11.8 Å². The molecule has 23 heavy (non-hydrogen) atoms. The number of likely N-dealkylation sites (tertiary alicyclic amines) is 1. The van der Waals surface area contributed by atoms with Crippen molar-refractivity contribution in [2.24, 2.45) is 5.92 Å². The molecule has 1 aromatic carbocycles. The highest BCUT2D eigenvalue weighted by molar-refractivity contribution is 5.94. The Labute approximate surface area is 136 Å². The van der Waals surface area contributed by atoms with Crippen LogP contribution in [-0.2, 0) is 9.59 Å². The first kappa shape index (κ1) is 16.0. The molecule has 1 atom stereocenters. The molecule has 5 heteroatoms. The van der Waals surface area contributed by atoms with E-state index in [9.17, 15) is 14.0 Å². The zero-order valence-corrected chi connectivity index (χ0v) is 13.7. The summed E-state index contributed by atoms with van der Waals surface area (Å²) in [5.74, 6) is 0.306. The van der Waals surface area contributed by atoms with Crippen molar-refractivity contribution in [3.05, 3.63) is 29.6 Å². The van der Waals surface area contributed by atoms with Gasteiger partial charge in [-0.2, -0.15) is 0 Å². The molecular weight excluding hydrogens is 295 g/mol. The molecule has 2 aliphatic rings. The first-order valence-corrected chi connectivity index (χ1v) is 8.28. The van der Waals surface area contributed by atoms with Crippen LogP contribution in [0.25, 0.3) is 0 Å². The molecule has 1 unspecified atom stereocenters. The summed E-state index contributed by atoms with van der Waals surface area (Å²) in [5, 5.41) is 0. The smallest absolute Gasteiger partial charge is 0.229 e. The first-order chi connectivity index (χ1) is 11.0. The van der Waals surface area contributed by atoms with E-state index in [1.807, 2.05) is 6.07 Å². The van der Waals surface area contributed by atoms with Crippen LogP contribution in [-0.4, -0.2) is 36.3 Å². The zero-order valence-electron chi connectivity index (χ0n) is 13.7. The molecule has 1 saturated carbocycles. The van der Waals surface area contributed by atoms with Crippen molar-refractivity contribution in [2.75, 3.05) is 18.5 Å². The topological polar surface area (TPSA) is 40.6 Å². The number of nitrogens with zero attached hydrogens (tertiary/aromatic N) is 2. The van der Waals surface area contributed by atoms with Gasteiger partial charge in [-0.3, -0.25) is 9.59 Å². The summed E-state index contributed by atoms with van der Waals surface area (Å²) in [6, 6.07) is 4.93. The van der Waals surface area contributed by atoms with Gasteiger partial charge in [-0.25, -0.2) is 4.39 Å². The van der Waals surface area contributed by atoms with Gasteiger partial charge in [0.05, 0.1) is 0 Å². The van der Waals surface area contributed by atoms with Crippen LogP contribution in [0.4, 0.5) is 10.1 Å². The molecule has 1 aromatic rings. The third-order valence-corrected chi connectivity index (χ3v) is 4.95. The molecule has 1 aliphatic heterocycles. The lowest BCUT2D eigenvalue weighted by Gasteiger charge is -2.26. The number of aryl methyl sites for hydroxylation is 1. The van der Waals surface area contributed by atoms with Gasteiger partial charge in [0.1, 0.15) is 5.82 Å². The Kier molecular flexibility index (Phi) is 4.37. The van der Waals surface area contributed by atoms with Crippen LogP contribution in [0.2, 0.25) is 0 Å². The van der Waals surface area contributed by atoms with E-state index in [0.717, 1.165) is 19.3 Å². The van der Waals surface area contributed by atoms with Crippen LogP contribution in [0.1, 0.15) is 37.7 Å². The second-order valence-corrected chi connectivity index (χ2v) is 6.78. The molecule has 2 fully saturated rings. The second-order valence-electron chi connectivity index (χ2n) is 6.78. The summed E-state index contributed by atoms with van der Waals surface area (Å²) in [7, 11) is 1.75. The van der Waals surface area contributed by atoms with Gasteiger partial charge in [0.25, 0.3) is 0 Å². The van der Waals surface area contributed by atoms with Gasteiger partial charge >= 0.3 is 0 Å². The Morgan fingerprint density at radius 2 is 2.09 bits per heavy atom. The maximum absolute atomic E-state index is 13.9. The van der Waals surface area contributed by atoms with Crippen LogP contribution < -0.4 is 4.90 Å². The van der Waals surface area contributed by atoms with Crippen molar-refractivity contribution in [3.63, 3.8) is 0 Å². The molecule has 1 saturated heterocycles. The summed E-state index contributed by atoms with van der Waals surface area (Å²) in [5.41, 5.74) is 1.20. The van der Waals surface area contributed by atoms with E-state index in [1.54, 1.807) is 29.8 Å². The lowest BCUT2D eigenvalue weighted by molar-refractivity contribution is -0.128. The summed E-state index contributed by atoms with van der Waals surface area (Å²) < 4.78 is 13.9. The molecule has 0 aromatic heterocycles. The normalized spacial score (nSPS) is 20.9. The predicted molar refractivity (Wildman–Crippen MR) is 86.6 cm³/mol. The molecule has 0 N–H and O–H groups in total. The van der Waals surface area contributed by atoms with Crippen LogP contribution in [0.3, 0.4) is 0 Å². The monoisotopic (exact) mass is 318 g/mol. The molecule has 4 nitrogen and oxygen atoms in total. The third kappa shape index (κ3) is 3.54. The van der Waals surface area contributed by atoms with Crippen LogP contribution in [0, 0.1) is 18.7 Å². The standard InChI is InChI=1S/C18H23FN2O2/c1-12-3-6-15(9-16(12)19)21(11-13-4-5-13)18(23)10-14-7-8-17(22)20(14)2/h3,6,9,13-14H,4-5,7-8,10-11H2,1-2H3. The maximum atomic E-state index is 13.9. The number of benzene rings is 1. The summed E-state index contributed by atoms with van der Waals surface area (Å²) in [6.07, 6.45) is 3.79. The third-order valence-electron chi connectivity index (χ3n) is 4.95. The van der Waals surface area contributed by atoms with Gasteiger partial charge in [-0.15, -0.1) is 0 Å². The average Bonchev–Trinajstić information content (AvgIpc) is 3.29. The summed E-state index contributed by atoms with van der Waals surface area (Å²) in [4.78, 5) is 27.8. The molecule has 0 radical (unpaired) electrons. The number of carbonyl (C=O) groups excluding carboxylic acids is 2. The molecule has 1 heterocycles. The fourth-order valence-corrected chi connectivity index (χ4v) is 3.07. The van der Waals surface area contributed by atoms with Crippen molar-refractivity contribution < 1.29 is 14.0 Å². The average molecular weight is 318 g/mol. The minimum atomic E-state index is -0.288. The number of amides is 2. The number of hydrogen-bond donors (Lipinski definition) is 0. The number of anilines is 1. The highest BCUT2D eigenvalue weighted by Gasteiger charge is 2.33. The minimum absolute atomic E-state index is 0.0216. The van der Waals surface area contributed by atoms with Gasteiger partial charge in [-0.1, -0.05) is 6.07 Å². The number of rotatable bonds is 5. The first-order valence-electron chi connectivity index (χ1n) is 8.28. The number of hydrogen-bond acceptors (Lipinski definition) is 2. The predicted octanol–water partition coefficient (Wildman–Crippen LogP) is 2.89. The Morgan fingerprint density at radius 3 is 2.65 bits per heavy atom. The number of carbonyl (C=O) groups is 2. The molecule has 124 valence electrons. The van der Waals surface area contributed by atoms with Crippen LogP contribution >= 0.6 is 0 Å². The van der Waals surface area contributed by atoms with E-state index >= 15 is 0 Å². The van der Waals surface area contributed by atoms with Crippen molar-refractivity contribution in [1.29, 1.82) is 0 Å². The molecule has 0 spiro atoms. The van der Waals surface area contributed by atoms with E-state index in [2.05, 4.69) is 0 Å². The van der Waals surface area contributed by atoms with E-state index in [-0.39, 0.29) is 23.7 Å². The Morgan fingerprint density at radius 1 is 1.35 bits per heavy atom. The Bertz CT molecular complexity index is 627. The lowest BCUT2D eigenvalue weighted by atomic mass is 10.1. The van der Waals surface area contributed by atoms with Gasteiger partial charge in [0, 0.05) is 38.2 Å². The zero-order chi connectivity index (χ0) is 16.6. The SMILES string of the molecule is Cc1ccc(N(CC2CC2)C(=O)CC2CCC(=O)N2C)cc1F. The quantitative estimate of drug-likeness (QED) is 0.837. The second kappa shape index (κ2) is 6.30. The molecule has 2 amide bonds.